The van der Waals surface area contributed by atoms with Crippen molar-refractivity contribution in [3.63, 3.8) is 0 Å². The summed E-state index contributed by atoms with van der Waals surface area (Å²) in [6, 6.07) is 57.4. The molecule has 144 heavy (non-hydrogen) atoms. The number of hydrogen-bond acceptors (Lipinski definition) is 21. The van der Waals surface area contributed by atoms with Crippen LogP contribution in [0.15, 0.2) is 244 Å². The van der Waals surface area contributed by atoms with Gasteiger partial charge in [0.15, 0.2) is 11.6 Å². The normalized spacial score (nSPS) is 18.0. The summed E-state index contributed by atoms with van der Waals surface area (Å²) in [6.07, 6.45) is 33.5. The number of aromatic nitrogens is 17. The molecular formula is C112H128Cl5N23O4. The van der Waals surface area contributed by atoms with E-state index in [1.165, 1.54) is 98.6 Å². The number of aliphatic hydroxyl groups is 1. The van der Waals surface area contributed by atoms with Crippen molar-refractivity contribution in [2.45, 2.75) is 179 Å². The Morgan fingerprint density at radius 1 is 0.438 bits per heavy atom. The van der Waals surface area contributed by atoms with Gasteiger partial charge in [0.1, 0.15) is 35.4 Å². The van der Waals surface area contributed by atoms with Crippen LogP contribution < -0.4 is 15.5 Å². The maximum Gasteiger partial charge on any atom is 0.328 e. The summed E-state index contributed by atoms with van der Waals surface area (Å²) in [5.74, 6) is 2.29. The van der Waals surface area contributed by atoms with E-state index in [0.29, 0.717) is 59.4 Å². The second-order valence-electron chi connectivity index (χ2n) is 39.1. The summed E-state index contributed by atoms with van der Waals surface area (Å²) in [4.78, 5) is 58.7. The third-order valence-electron chi connectivity index (χ3n) is 26.7. The minimum atomic E-state index is -1.10. The van der Waals surface area contributed by atoms with Gasteiger partial charge in [-0.25, -0.2) is 24.7 Å². The number of piperidine rings is 2. The number of rotatable bonds is 23. The molecule has 9 N–H and O–H groups in total. The van der Waals surface area contributed by atoms with E-state index < -0.39 is 11.6 Å². The number of likely N-dealkylation sites (tertiary alicyclic amines) is 2. The van der Waals surface area contributed by atoms with Gasteiger partial charge < -0.3 is 40.4 Å². The number of nitrogens with zero attached hydrogens (tertiary/aromatic N) is 16. The largest absolute Gasteiger partial charge is 0.478 e. The number of H-pyrrole nitrogens is 5. The number of nitrogens with one attached hydrogen (secondary N) is 7. The molecule has 3 saturated heterocycles. The molecule has 13 heterocycles. The predicted octanol–water partition coefficient (Wildman–Crippen LogP) is 23.8. The Hall–Kier alpha value is -12.4. The molecule has 5 aliphatic rings. The molecule has 0 amide bonds. The van der Waals surface area contributed by atoms with Crippen molar-refractivity contribution in [3.05, 3.63) is 292 Å². The number of anilines is 1. The van der Waals surface area contributed by atoms with Crippen LogP contribution in [0.25, 0.3) is 112 Å². The first-order chi connectivity index (χ1) is 69.6. The number of carbonyl (C=O) groups excluding carboxylic acids is 1. The second-order valence-corrected chi connectivity index (χ2v) is 41.3. The fourth-order valence-electron chi connectivity index (χ4n) is 20.1. The van der Waals surface area contributed by atoms with Gasteiger partial charge in [0, 0.05) is 228 Å². The quantitative estimate of drug-likeness (QED) is 0.0269. The number of β-amino-alcohol motifs (C(OH)–C–C–N with tert-alkyl or cyclic N) is 1. The number of aromatic amines is 5. The smallest absolute Gasteiger partial charge is 0.328 e. The Labute approximate surface area is 868 Å². The minimum absolute atomic E-state index is 0.257. The van der Waals surface area contributed by atoms with Crippen molar-refractivity contribution in [3.8, 4) is 112 Å². The molecule has 32 heteroatoms. The zero-order valence-electron chi connectivity index (χ0n) is 83.2. The van der Waals surface area contributed by atoms with Crippen LogP contribution in [0.5, 0.6) is 0 Å². The standard InChI is InChI=1S/2C23H27ClN4.C22H26ClN5O.C20H22ClN5.C19H20ClN5.C5H6O3/c1-15(2)26-20-9-5-18(6-10-20)23-21(16-11-13-25-14-12-16)22(27-28-23)17-3-7-19(24)8-4-17;1-28(2)15-16-3-5-18(6-4-16)22-21(17-11-13-25-14-12-17)23(27-26-22)19-7-9-20(24)10-8-19;1-22(2,29)13-28-11-8-16(9-12-28)21-19(18-7-10-24-14-25-18)20(26-27-21)15-3-5-17(23)6-4-15;1-13-11-26(12-14(2)23-13)20-18(15-7-9-22-10-8-15)19(24-25-20)16-3-5-17(21)6-4-16;1-25-10-7-14(8-11-25)19-17(16-6-9-21-12-22-16)18(23-24-19)13-2-4-15(20)5-3-13;1-4(6)2-3-5(7)8/h3-4,7-8,11-15,18,20,26H,5-6,9-10H2,1-2H3,(H,27,28);7-14,16,18H,3-6,15H2,1-2H3,(H,26,27);3-7,10,14,16,29H,8-9,11-13H2,1-2H3,(H,26,27);3-10,13-14,23H,11-12H2,1-2H3,(H,24,25);2-6,9,12,14H,7-8,10-11H2,1H3,(H,23,24);2-3H,1H3,(H,7,8)/b;;;;;3-2+. The summed E-state index contributed by atoms with van der Waals surface area (Å²) in [5.41, 5.74) is 25.0. The van der Waals surface area contributed by atoms with E-state index >= 15 is 0 Å². The van der Waals surface area contributed by atoms with Crippen molar-refractivity contribution >= 4 is 75.6 Å². The molecule has 27 nitrogen and oxygen atoms in total. The number of allylic oxidation sites excluding steroid dienone is 1. The zero-order valence-corrected chi connectivity index (χ0v) is 87.0. The summed E-state index contributed by atoms with van der Waals surface area (Å²) < 4.78 is 0. The van der Waals surface area contributed by atoms with Crippen molar-refractivity contribution < 1.29 is 19.8 Å². The van der Waals surface area contributed by atoms with Gasteiger partial charge in [0.2, 0.25) is 0 Å². The molecule has 2 unspecified atom stereocenters. The minimum Gasteiger partial charge on any atom is -0.478 e. The molecule has 10 aromatic heterocycles. The van der Waals surface area contributed by atoms with Crippen LogP contribution >= 0.6 is 58.0 Å². The lowest BCUT2D eigenvalue weighted by Gasteiger charge is -2.36. The SMILES string of the molecule is CC(=O)/C=C/C(=O)O.CC(C)(O)CN1CCC(c2[nH]nc(-c3ccc(Cl)cc3)c2-c2ccncn2)CC1.CC(C)NC1CCC(c2[nH]nc(-c3ccc(Cl)cc3)c2-c2ccncc2)CC1.CC1CN(c2n[nH]c(-c3ccc(Cl)cc3)c2-c2ccncc2)CC(C)N1.CN(C)CC1CCC(c2[nH]nc(-c3ccc(Cl)cc3)c2-c2ccncc2)CC1.CN1CCC(c2[nH]nc(-c3ccc(Cl)cc3)c2-c2ccncn2)CC1. The van der Waals surface area contributed by atoms with Gasteiger partial charge in [0.25, 0.3) is 0 Å². The molecule has 0 radical (unpaired) electrons. The highest BCUT2D eigenvalue weighted by Gasteiger charge is 2.35. The van der Waals surface area contributed by atoms with Gasteiger partial charge in [-0.15, -0.1) is 0 Å². The van der Waals surface area contributed by atoms with Crippen LogP contribution in [-0.4, -0.2) is 226 Å². The average molecular weight is 2040 g/mol. The van der Waals surface area contributed by atoms with E-state index in [0.717, 1.165) is 210 Å². The number of carboxylic acid groups (broad SMARTS) is 1. The molecule has 0 bridgehead atoms. The number of carbonyl (C=O) groups is 2. The molecule has 0 spiro atoms. The Kier molecular flexibility index (Phi) is 37.5. The lowest BCUT2D eigenvalue weighted by atomic mass is 9.78. The summed E-state index contributed by atoms with van der Waals surface area (Å²) in [5, 5.41) is 69.1. The van der Waals surface area contributed by atoms with Crippen LogP contribution in [0, 0.1) is 5.92 Å². The van der Waals surface area contributed by atoms with Crippen LogP contribution in [0.4, 0.5) is 5.82 Å². The molecule has 3 aliphatic heterocycles. The second kappa shape index (κ2) is 50.9. The number of carboxylic acids is 1. The molecule has 2 atom stereocenters. The fourth-order valence-corrected chi connectivity index (χ4v) is 20.8. The highest BCUT2D eigenvalue weighted by molar-refractivity contribution is 6.32. The molecule has 5 fully saturated rings. The number of benzene rings is 5. The van der Waals surface area contributed by atoms with E-state index in [2.05, 4.69) is 174 Å². The van der Waals surface area contributed by atoms with Crippen LogP contribution in [-0.2, 0) is 9.59 Å². The van der Waals surface area contributed by atoms with E-state index in [4.69, 9.17) is 78.4 Å². The van der Waals surface area contributed by atoms with E-state index in [9.17, 15) is 14.7 Å². The van der Waals surface area contributed by atoms with Crippen molar-refractivity contribution in [1.29, 1.82) is 0 Å². The van der Waals surface area contributed by atoms with Gasteiger partial charge in [-0.05, 0) is 297 Å². The summed E-state index contributed by atoms with van der Waals surface area (Å²) >= 11 is 30.4. The van der Waals surface area contributed by atoms with E-state index in [1.807, 2.05) is 197 Å². The van der Waals surface area contributed by atoms with Gasteiger partial charge in [-0.1, -0.05) is 133 Å². The Morgan fingerprint density at radius 2 is 0.785 bits per heavy atom. The molecule has 5 aromatic carbocycles. The molecule has 2 aliphatic carbocycles. The first-order valence-corrected chi connectivity index (χ1v) is 51.4. The molecule has 750 valence electrons. The maximum atomic E-state index is 10.1. The number of hydrogen-bond donors (Lipinski definition) is 9. The lowest BCUT2D eigenvalue weighted by molar-refractivity contribution is -0.131. The van der Waals surface area contributed by atoms with Gasteiger partial charge in [-0.3, -0.25) is 45.2 Å². The third-order valence-corrected chi connectivity index (χ3v) is 28.0. The van der Waals surface area contributed by atoms with Crippen molar-refractivity contribution in [2.24, 2.45) is 5.92 Å². The first-order valence-electron chi connectivity index (χ1n) is 49.5. The highest BCUT2D eigenvalue weighted by atomic mass is 35.5. The molecular weight excluding hydrogens is 1910 g/mol. The lowest BCUT2D eigenvalue weighted by Crippen LogP contribution is -2.54. The first kappa shape index (κ1) is 106. The summed E-state index contributed by atoms with van der Waals surface area (Å²) in [6.45, 7) is 21.7. The number of ketones is 1. The van der Waals surface area contributed by atoms with Crippen LogP contribution in [0.1, 0.15) is 172 Å². The predicted molar refractivity (Wildman–Crippen MR) is 579 cm³/mol. The van der Waals surface area contributed by atoms with Gasteiger partial charge in [-0.2, -0.15) is 25.5 Å². The number of piperazine rings is 1. The van der Waals surface area contributed by atoms with Crippen LogP contribution in [0.2, 0.25) is 25.1 Å². The third kappa shape index (κ3) is 28.9. The maximum absolute atomic E-state index is 10.1. The zero-order chi connectivity index (χ0) is 101. The van der Waals surface area contributed by atoms with Gasteiger partial charge in [0.05, 0.1) is 28.2 Å². The topological polar surface area (TPSA) is 345 Å². The monoisotopic (exact) mass is 2030 g/mol. The Bertz CT molecular complexity index is 6380. The number of pyridine rings is 3. The molecule has 2 saturated carbocycles. The number of halogens is 5. The molecule has 15 aromatic rings. The number of aliphatic carboxylic acids is 1. The van der Waals surface area contributed by atoms with E-state index in [1.54, 1.807) is 25.0 Å². The fraction of sp³-hybridized carbons (Fsp3) is 0.357. The Morgan fingerprint density at radius 3 is 1.13 bits per heavy atom. The van der Waals surface area contributed by atoms with Crippen molar-refractivity contribution in [2.75, 3.05) is 78.4 Å². The van der Waals surface area contributed by atoms with Crippen molar-refractivity contribution in [1.82, 2.24) is 111 Å². The van der Waals surface area contributed by atoms with Gasteiger partial charge >= 0.3 is 5.97 Å². The Balaban J connectivity index is 0.000000133. The average Bonchev–Trinajstić information content (AvgIpc) is 1.64. The van der Waals surface area contributed by atoms with E-state index in [-0.39, 0.29) is 5.78 Å². The van der Waals surface area contributed by atoms with Crippen LogP contribution in [0.3, 0.4) is 0 Å². The molecule has 20 rings (SSSR count). The summed E-state index contributed by atoms with van der Waals surface area (Å²) in [7, 11) is 6.51. The highest BCUT2D eigenvalue weighted by Crippen LogP contribution is 2.48.